The lowest BCUT2D eigenvalue weighted by Crippen LogP contribution is -2.47. The highest BCUT2D eigenvalue weighted by molar-refractivity contribution is 5.53. The molecule has 3 aliphatic rings. The van der Waals surface area contributed by atoms with Gasteiger partial charge in [0.05, 0.1) is 12.7 Å². The molecule has 0 amide bonds. The van der Waals surface area contributed by atoms with E-state index in [0.29, 0.717) is 29.9 Å². The quantitative estimate of drug-likeness (QED) is 0.688. The number of ether oxygens (including phenoxy) is 1. The molecular formula is C20H36N2O3. The van der Waals surface area contributed by atoms with Crippen LogP contribution in [0.3, 0.4) is 0 Å². The van der Waals surface area contributed by atoms with Crippen molar-refractivity contribution in [2.24, 2.45) is 23.7 Å². The summed E-state index contributed by atoms with van der Waals surface area (Å²) >= 11 is 0. The summed E-state index contributed by atoms with van der Waals surface area (Å²) in [5.74, 6) is 1.95. The molecule has 0 aromatic heterocycles. The van der Waals surface area contributed by atoms with Crippen molar-refractivity contribution in [1.29, 1.82) is 0 Å². The summed E-state index contributed by atoms with van der Waals surface area (Å²) in [5, 5.41) is 2.15. The molecule has 2 saturated carbocycles. The second-order valence-corrected chi connectivity index (χ2v) is 8.61. The van der Waals surface area contributed by atoms with E-state index in [1.165, 1.54) is 32.0 Å². The summed E-state index contributed by atoms with van der Waals surface area (Å²) < 4.78 is 6.06. The number of hydrogen-bond acceptors (Lipinski definition) is 5. The molecule has 5 nitrogen and oxygen atoms in total. The minimum absolute atomic E-state index is 0.214. The average molecular weight is 353 g/mol. The molecule has 5 heteroatoms. The van der Waals surface area contributed by atoms with E-state index in [9.17, 15) is 4.79 Å². The van der Waals surface area contributed by atoms with Gasteiger partial charge in [-0.2, -0.15) is 5.06 Å². The number of rotatable bonds is 6. The van der Waals surface area contributed by atoms with Gasteiger partial charge in [-0.25, -0.2) is 0 Å². The lowest BCUT2D eigenvalue weighted by Gasteiger charge is -2.46. The summed E-state index contributed by atoms with van der Waals surface area (Å²) in [4.78, 5) is 19.6. The lowest BCUT2D eigenvalue weighted by atomic mass is 9.65. The van der Waals surface area contributed by atoms with Gasteiger partial charge < -0.3 is 14.4 Å². The number of hydroxylamine groups is 2. The number of carbonyl (C=O) groups excluding carboxylic acids is 1. The van der Waals surface area contributed by atoms with Gasteiger partial charge in [0.1, 0.15) is 6.29 Å². The zero-order chi connectivity index (χ0) is 17.8. The Bertz CT molecular complexity index is 425. The van der Waals surface area contributed by atoms with E-state index in [4.69, 9.17) is 9.57 Å². The van der Waals surface area contributed by atoms with Gasteiger partial charge in [-0.15, -0.1) is 0 Å². The molecule has 0 aromatic rings. The minimum Gasteiger partial charge on any atom is -0.381 e. The van der Waals surface area contributed by atoms with Gasteiger partial charge in [-0.3, -0.25) is 4.84 Å². The van der Waals surface area contributed by atoms with Crippen LogP contribution in [0.15, 0.2) is 0 Å². The lowest BCUT2D eigenvalue weighted by molar-refractivity contribution is -0.144. The first-order valence-corrected chi connectivity index (χ1v) is 10.1. The fourth-order valence-corrected chi connectivity index (χ4v) is 5.52. The normalized spacial score (nSPS) is 40.5. The molecule has 25 heavy (non-hydrogen) atoms. The van der Waals surface area contributed by atoms with Crippen LogP contribution in [0.5, 0.6) is 0 Å². The van der Waals surface area contributed by atoms with Crippen molar-refractivity contribution in [1.82, 2.24) is 9.96 Å². The van der Waals surface area contributed by atoms with Crippen molar-refractivity contribution < 1.29 is 14.4 Å². The van der Waals surface area contributed by atoms with E-state index in [0.717, 1.165) is 39.0 Å². The predicted molar refractivity (Wildman–Crippen MR) is 98.1 cm³/mol. The van der Waals surface area contributed by atoms with E-state index < -0.39 is 0 Å². The molecular weight excluding hydrogens is 316 g/mol. The van der Waals surface area contributed by atoms with Gasteiger partial charge in [0.15, 0.2) is 0 Å². The molecule has 3 fully saturated rings. The van der Waals surface area contributed by atoms with Crippen LogP contribution in [-0.2, 0) is 14.4 Å². The highest BCUT2D eigenvalue weighted by atomic mass is 16.7. The summed E-state index contributed by atoms with van der Waals surface area (Å²) in [7, 11) is 6.18. The van der Waals surface area contributed by atoms with E-state index in [1.807, 2.05) is 7.11 Å². The van der Waals surface area contributed by atoms with E-state index in [1.54, 1.807) is 0 Å². The van der Waals surface area contributed by atoms with Crippen molar-refractivity contribution >= 4 is 6.29 Å². The zero-order valence-electron chi connectivity index (χ0n) is 16.2. The van der Waals surface area contributed by atoms with Gasteiger partial charge in [-0.1, -0.05) is 6.42 Å². The van der Waals surface area contributed by atoms with Crippen LogP contribution in [0.25, 0.3) is 0 Å². The Balaban J connectivity index is 1.68. The number of methoxy groups -OCH3 is 1. The Labute approximate surface area is 153 Å². The number of hydrogen-bond donors (Lipinski definition) is 0. The summed E-state index contributed by atoms with van der Waals surface area (Å²) in [6.45, 7) is 2.91. The third-order valence-electron chi connectivity index (χ3n) is 6.82. The maximum Gasteiger partial charge on any atom is 0.123 e. The molecule has 144 valence electrons. The molecule has 2 aliphatic carbocycles. The van der Waals surface area contributed by atoms with Gasteiger partial charge in [0.25, 0.3) is 0 Å². The Hall–Kier alpha value is -0.490. The van der Waals surface area contributed by atoms with E-state index in [-0.39, 0.29) is 5.92 Å². The molecule has 1 saturated heterocycles. The summed E-state index contributed by atoms with van der Waals surface area (Å²) in [6, 6.07) is 0.522. The maximum absolute atomic E-state index is 11.5. The van der Waals surface area contributed by atoms with Crippen LogP contribution in [0.2, 0.25) is 0 Å². The molecule has 1 heterocycles. The van der Waals surface area contributed by atoms with E-state index >= 15 is 0 Å². The van der Waals surface area contributed by atoms with Crippen LogP contribution in [0.4, 0.5) is 0 Å². The number of aldehydes is 1. The zero-order valence-corrected chi connectivity index (χ0v) is 16.2. The molecule has 0 spiro atoms. The smallest absolute Gasteiger partial charge is 0.123 e. The van der Waals surface area contributed by atoms with Gasteiger partial charge in [0, 0.05) is 38.1 Å². The second-order valence-electron chi connectivity index (χ2n) is 8.61. The fourth-order valence-electron chi connectivity index (χ4n) is 5.52. The monoisotopic (exact) mass is 352 g/mol. The Morgan fingerprint density at radius 3 is 2.68 bits per heavy atom. The molecule has 3 rings (SSSR count). The SMILES string of the molecule is COC1C(CN2CCCO2)CCCC1C1CC(C=O)CC(N(C)C)C1. The molecule has 6 unspecified atom stereocenters. The largest absolute Gasteiger partial charge is 0.381 e. The van der Waals surface area contributed by atoms with Crippen molar-refractivity contribution in [2.75, 3.05) is 40.9 Å². The number of carbonyl (C=O) groups is 1. The first kappa shape index (κ1) is 19.3. The van der Waals surface area contributed by atoms with Crippen LogP contribution in [0, 0.1) is 23.7 Å². The average Bonchev–Trinajstić information content (AvgIpc) is 3.14. The molecule has 6 atom stereocenters. The standard InChI is InChI=1S/C20H36N2O3/c1-21(2)18-11-15(14-23)10-17(12-18)19-7-4-6-16(20(19)24-3)13-22-8-5-9-25-22/h14-20H,4-13H2,1-3H3. The van der Waals surface area contributed by atoms with Crippen molar-refractivity contribution in [2.45, 2.75) is 57.1 Å². The third kappa shape index (κ3) is 4.62. The molecule has 0 N–H and O–H groups in total. The molecule has 0 radical (unpaired) electrons. The first-order chi connectivity index (χ1) is 12.1. The predicted octanol–water partition coefficient (Wildman–Crippen LogP) is 2.60. The van der Waals surface area contributed by atoms with Crippen LogP contribution < -0.4 is 0 Å². The van der Waals surface area contributed by atoms with E-state index in [2.05, 4.69) is 24.1 Å². The van der Waals surface area contributed by atoms with Crippen molar-refractivity contribution in [3.8, 4) is 0 Å². The van der Waals surface area contributed by atoms with Crippen molar-refractivity contribution in [3.63, 3.8) is 0 Å². The van der Waals surface area contributed by atoms with Gasteiger partial charge in [0.2, 0.25) is 0 Å². The van der Waals surface area contributed by atoms with Crippen molar-refractivity contribution in [3.05, 3.63) is 0 Å². The molecule has 1 aliphatic heterocycles. The highest BCUT2D eigenvalue weighted by Gasteiger charge is 2.42. The van der Waals surface area contributed by atoms with Crippen LogP contribution in [0.1, 0.15) is 44.9 Å². The van der Waals surface area contributed by atoms with Gasteiger partial charge >= 0.3 is 0 Å². The van der Waals surface area contributed by atoms with Crippen LogP contribution >= 0.6 is 0 Å². The summed E-state index contributed by atoms with van der Waals surface area (Å²) in [6.07, 6.45) is 9.66. The maximum atomic E-state index is 11.5. The third-order valence-corrected chi connectivity index (χ3v) is 6.82. The fraction of sp³-hybridized carbons (Fsp3) is 0.950. The van der Waals surface area contributed by atoms with Crippen LogP contribution in [-0.4, -0.2) is 69.3 Å². The Morgan fingerprint density at radius 1 is 1.20 bits per heavy atom. The second kappa shape index (κ2) is 8.94. The molecule has 0 bridgehead atoms. The number of nitrogens with zero attached hydrogens (tertiary/aromatic N) is 2. The topological polar surface area (TPSA) is 42.0 Å². The Kier molecular flexibility index (Phi) is 6.89. The summed E-state index contributed by atoms with van der Waals surface area (Å²) in [5.41, 5.74) is 0. The first-order valence-electron chi connectivity index (χ1n) is 10.1. The minimum atomic E-state index is 0.214. The Morgan fingerprint density at radius 2 is 2.04 bits per heavy atom. The van der Waals surface area contributed by atoms with Gasteiger partial charge in [-0.05, 0) is 64.5 Å². The highest BCUT2D eigenvalue weighted by Crippen LogP contribution is 2.44. The molecule has 0 aromatic carbocycles.